The van der Waals surface area contributed by atoms with E-state index in [1.165, 1.54) is 12.1 Å². The van der Waals surface area contributed by atoms with Gasteiger partial charge < -0.3 is 10.1 Å². The van der Waals surface area contributed by atoms with E-state index in [0.717, 1.165) is 17.7 Å². The van der Waals surface area contributed by atoms with Crippen molar-refractivity contribution in [1.82, 2.24) is 10.9 Å². The summed E-state index contributed by atoms with van der Waals surface area (Å²) >= 11 is 0. The van der Waals surface area contributed by atoms with Crippen molar-refractivity contribution in [3.63, 3.8) is 0 Å². The summed E-state index contributed by atoms with van der Waals surface area (Å²) in [5.74, 6) is -0.660. The molecule has 6 nitrogen and oxygen atoms in total. The van der Waals surface area contributed by atoms with Crippen LogP contribution in [0.5, 0.6) is 5.75 Å². The Morgan fingerprint density at radius 2 is 1.96 bits per heavy atom. The Kier molecular flexibility index (Phi) is 5.84. The van der Waals surface area contributed by atoms with Gasteiger partial charge in [-0.25, -0.2) is 5.43 Å². The first-order chi connectivity index (χ1) is 13.3. The van der Waals surface area contributed by atoms with Crippen LogP contribution >= 0.6 is 0 Å². The van der Waals surface area contributed by atoms with E-state index < -0.39 is 24.3 Å². The highest BCUT2D eigenvalue weighted by molar-refractivity contribution is 5.92. The second-order valence-electron chi connectivity index (χ2n) is 6.23. The highest BCUT2D eigenvalue weighted by Gasteiger charge is 2.30. The van der Waals surface area contributed by atoms with Gasteiger partial charge in [0.1, 0.15) is 5.75 Å². The molecule has 1 fully saturated rings. The van der Waals surface area contributed by atoms with Gasteiger partial charge in [0.2, 0.25) is 5.91 Å². The average molecular weight is 393 g/mol. The van der Waals surface area contributed by atoms with Crippen LogP contribution in [0.1, 0.15) is 30.0 Å². The number of hydrogen-bond donors (Lipinski definition) is 3. The van der Waals surface area contributed by atoms with E-state index in [4.69, 9.17) is 4.74 Å². The molecule has 1 aliphatic heterocycles. The predicted octanol–water partition coefficient (Wildman–Crippen LogP) is 3.18. The van der Waals surface area contributed by atoms with Crippen molar-refractivity contribution in [3.05, 3.63) is 59.7 Å². The molecule has 2 aromatic carbocycles. The third-order valence-corrected chi connectivity index (χ3v) is 4.19. The van der Waals surface area contributed by atoms with Crippen molar-refractivity contribution in [1.29, 1.82) is 0 Å². The van der Waals surface area contributed by atoms with Gasteiger partial charge in [0.25, 0.3) is 5.91 Å². The number of carbonyl (C=O) groups is 2. The Balaban J connectivity index is 1.62. The molecule has 0 aliphatic carbocycles. The Morgan fingerprint density at radius 1 is 1.18 bits per heavy atom. The highest BCUT2D eigenvalue weighted by atomic mass is 19.4. The molecule has 3 N–H and O–H groups in total. The van der Waals surface area contributed by atoms with Crippen molar-refractivity contribution >= 4 is 17.5 Å². The molecule has 0 bridgehead atoms. The smallest absolute Gasteiger partial charge is 0.416 e. The minimum atomic E-state index is -4.48. The number of hydrazine groups is 1. The molecule has 2 amide bonds. The number of rotatable bonds is 5. The van der Waals surface area contributed by atoms with Gasteiger partial charge in [-0.1, -0.05) is 24.3 Å². The maximum Gasteiger partial charge on any atom is 0.416 e. The van der Waals surface area contributed by atoms with Crippen LogP contribution in [0.3, 0.4) is 0 Å². The van der Waals surface area contributed by atoms with Crippen molar-refractivity contribution in [2.45, 2.75) is 25.1 Å². The number of anilines is 1. The summed E-state index contributed by atoms with van der Waals surface area (Å²) < 4.78 is 43.4. The van der Waals surface area contributed by atoms with Crippen molar-refractivity contribution in [2.75, 3.05) is 11.9 Å². The summed E-state index contributed by atoms with van der Waals surface area (Å²) in [4.78, 5) is 23.5. The first-order valence-electron chi connectivity index (χ1n) is 8.56. The summed E-state index contributed by atoms with van der Waals surface area (Å²) in [5, 5.41) is 2.70. The molecule has 28 heavy (non-hydrogen) atoms. The topological polar surface area (TPSA) is 79.5 Å². The van der Waals surface area contributed by atoms with Gasteiger partial charge >= 0.3 is 6.18 Å². The number of halogens is 3. The Labute approximate surface area is 159 Å². The Hall–Kier alpha value is -3.07. The summed E-state index contributed by atoms with van der Waals surface area (Å²) in [7, 11) is 0. The first-order valence-corrected chi connectivity index (χ1v) is 8.56. The third kappa shape index (κ3) is 5.01. The van der Waals surface area contributed by atoms with Crippen LogP contribution in [0.15, 0.2) is 48.5 Å². The quantitative estimate of drug-likeness (QED) is 0.729. The van der Waals surface area contributed by atoms with Crippen LogP contribution in [0.4, 0.5) is 18.9 Å². The van der Waals surface area contributed by atoms with Crippen LogP contribution in [0.25, 0.3) is 0 Å². The lowest BCUT2D eigenvalue weighted by atomic mass is 9.99. The lowest BCUT2D eigenvalue weighted by Crippen LogP contribution is -2.44. The number of benzene rings is 2. The van der Waals surface area contributed by atoms with Crippen molar-refractivity contribution in [2.24, 2.45) is 0 Å². The fraction of sp³-hybridized carbons (Fsp3) is 0.263. The van der Waals surface area contributed by atoms with Gasteiger partial charge in [0.15, 0.2) is 6.61 Å². The maximum absolute atomic E-state index is 12.7. The van der Waals surface area contributed by atoms with Gasteiger partial charge in [-0.2, -0.15) is 13.2 Å². The zero-order valence-electron chi connectivity index (χ0n) is 14.7. The predicted molar refractivity (Wildman–Crippen MR) is 95.3 cm³/mol. The fourth-order valence-electron chi connectivity index (χ4n) is 2.82. The molecule has 1 atom stereocenters. The summed E-state index contributed by atoms with van der Waals surface area (Å²) in [6, 6.07) is 11.2. The van der Waals surface area contributed by atoms with E-state index >= 15 is 0 Å². The van der Waals surface area contributed by atoms with E-state index in [1.54, 1.807) is 12.1 Å². The van der Waals surface area contributed by atoms with E-state index in [0.29, 0.717) is 18.5 Å². The molecule has 1 aliphatic rings. The molecule has 0 saturated carbocycles. The molecular formula is C19H18F3N3O3. The number of ether oxygens (including phenoxy) is 1. The molecule has 3 rings (SSSR count). The fourth-order valence-corrected chi connectivity index (χ4v) is 2.82. The zero-order chi connectivity index (χ0) is 20.1. The number of alkyl halides is 3. The lowest BCUT2D eigenvalue weighted by molar-refractivity contribution is -0.137. The SMILES string of the molecule is O=C1CCC(c2ccccc2NC(=O)COc2cccc(C(F)(F)F)c2)NN1. The average Bonchev–Trinajstić information content (AvgIpc) is 2.67. The molecule has 0 aromatic heterocycles. The molecule has 1 saturated heterocycles. The Bertz CT molecular complexity index is 861. The first kappa shape index (κ1) is 19.7. The van der Waals surface area contributed by atoms with E-state index in [2.05, 4.69) is 16.2 Å². The largest absolute Gasteiger partial charge is 0.484 e. The summed E-state index contributed by atoms with van der Waals surface area (Å²) in [6.45, 7) is -0.440. The number of carbonyl (C=O) groups excluding carboxylic acids is 2. The van der Waals surface area contributed by atoms with Gasteiger partial charge in [-0.05, 0) is 36.2 Å². The second-order valence-corrected chi connectivity index (χ2v) is 6.23. The summed E-state index contributed by atoms with van der Waals surface area (Å²) in [5.41, 5.74) is 5.92. The van der Waals surface area contributed by atoms with Crippen LogP contribution < -0.4 is 20.9 Å². The monoisotopic (exact) mass is 393 g/mol. The zero-order valence-corrected chi connectivity index (χ0v) is 14.7. The van der Waals surface area contributed by atoms with Gasteiger partial charge in [0, 0.05) is 12.1 Å². The second kappa shape index (κ2) is 8.30. The minimum absolute atomic E-state index is 0.0464. The van der Waals surface area contributed by atoms with Gasteiger partial charge in [0.05, 0.1) is 11.6 Å². The van der Waals surface area contributed by atoms with E-state index in [-0.39, 0.29) is 17.7 Å². The van der Waals surface area contributed by atoms with Crippen LogP contribution in [-0.4, -0.2) is 18.4 Å². The van der Waals surface area contributed by atoms with Crippen LogP contribution in [0, 0.1) is 0 Å². The molecule has 2 aromatic rings. The maximum atomic E-state index is 12.7. The standard InChI is InChI=1S/C19H18F3N3O3/c20-19(21,22)12-4-3-5-13(10-12)28-11-18(27)23-15-7-2-1-6-14(15)16-8-9-17(26)25-24-16/h1-7,10,16,24H,8-9,11H2,(H,23,27)(H,25,26). The highest BCUT2D eigenvalue weighted by Crippen LogP contribution is 2.31. The number of para-hydroxylation sites is 1. The van der Waals surface area contributed by atoms with E-state index in [9.17, 15) is 22.8 Å². The molecule has 0 radical (unpaired) electrons. The van der Waals surface area contributed by atoms with Crippen molar-refractivity contribution in [3.8, 4) is 5.75 Å². The Morgan fingerprint density at radius 3 is 2.68 bits per heavy atom. The lowest BCUT2D eigenvalue weighted by Gasteiger charge is -2.26. The minimum Gasteiger partial charge on any atom is -0.484 e. The molecule has 148 valence electrons. The van der Waals surface area contributed by atoms with E-state index in [1.807, 2.05) is 12.1 Å². The van der Waals surface area contributed by atoms with Gasteiger partial charge in [-0.3, -0.25) is 15.0 Å². The van der Waals surface area contributed by atoms with Gasteiger partial charge in [-0.15, -0.1) is 0 Å². The number of hydrogen-bond acceptors (Lipinski definition) is 4. The molecular weight excluding hydrogens is 375 g/mol. The number of nitrogens with one attached hydrogen (secondary N) is 3. The van der Waals surface area contributed by atoms with Crippen LogP contribution in [-0.2, 0) is 15.8 Å². The number of amides is 2. The van der Waals surface area contributed by atoms with Crippen molar-refractivity contribution < 1.29 is 27.5 Å². The summed E-state index contributed by atoms with van der Waals surface area (Å²) in [6.07, 6.45) is -3.55. The molecule has 1 unspecified atom stereocenters. The molecule has 9 heteroatoms. The normalized spacial score (nSPS) is 17.0. The molecule has 0 spiro atoms. The third-order valence-electron chi connectivity index (χ3n) is 4.19. The van der Waals surface area contributed by atoms with Crippen LogP contribution in [0.2, 0.25) is 0 Å². The molecule has 1 heterocycles.